The molecule has 0 aliphatic rings. The van der Waals surface area contributed by atoms with Gasteiger partial charge in [-0.25, -0.2) is 0 Å². The second-order valence-electron chi connectivity index (χ2n) is 3.81. The molecule has 88 valence electrons. The Bertz CT molecular complexity index is 683. The van der Waals surface area contributed by atoms with E-state index in [9.17, 15) is 0 Å². The van der Waals surface area contributed by atoms with E-state index < -0.39 is 0 Å². The average molecular weight is 237 g/mol. The van der Waals surface area contributed by atoms with Crippen molar-refractivity contribution < 1.29 is 4.74 Å². The van der Waals surface area contributed by atoms with Gasteiger partial charge in [-0.05, 0) is 6.07 Å². The molecule has 3 rings (SSSR count). The SMILES string of the molecule is COc1cnc2ccccc2c1-c1cnccn1. The third-order valence-electron chi connectivity index (χ3n) is 2.78. The first-order valence-electron chi connectivity index (χ1n) is 5.58. The van der Waals surface area contributed by atoms with E-state index in [-0.39, 0.29) is 0 Å². The van der Waals surface area contributed by atoms with E-state index >= 15 is 0 Å². The lowest BCUT2D eigenvalue weighted by atomic mass is 10.1. The summed E-state index contributed by atoms with van der Waals surface area (Å²) in [4.78, 5) is 12.8. The Morgan fingerprint density at radius 3 is 2.67 bits per heavy atom. The first-order valence-corrected chi connectivity index (χ1v) is 5.58. The number of fused-ring (bicyclic) bond motifs is 1. The Morgan fingerprint density at radius 1 is 1.00 bits per heavy atom. The lowest BCUT2D eigenvalue weighted by Gasteiger charge is -2.10. The average Bonchev–Trinajstić information content (AvgIpc) is 2.47. The van der Waals surface area contributed by atoms with Crippen molar-refractivity contribution in [3.8, 4) is 17.0 Å². The standard InChI is InChI=1S/C14H11N3O/c1-18-13-9-17-11-5-3-2-4-10(11)14(13)12-8-15-6-7-16-12/h2-9H,1H3. The minimum absolute atomic E-state index is 0.703. The van der Waals surface area contributed by atoms with Crippen molar-refractivity contribution in [2.24, 2.45) is 0 Å². The number of hydrogen-bond acceptors (Lipinski definition) is 4. The van der Waals surface area contributed by atoms with Gasteiger partial charge in [-0.1, -0.05) is 18.2 Å². The predicted octanol–water partition coefficient (Wildman–Crippen LogP) is 2.70. The van der Waals surface area contributed by atoms with Crippen molar-refractivity contribution in [2.75, 3.05) is 7.11 Å². The van der Waals surface area contributed by atoms with Gasteiger partial charge in [0.05, 0.1) is 36.3 Å². The first kappa shape index (κ1) is 10.7. The van der Waals surface area contributed by atoms with Gasteiger partial charge in [0.2, 0.25) is 0 Å². The first-order chi connectivity index (χ1) is 8.90. The van der Waals surface area contributed by atoms with Crippen LogP contribution in [0.5, 0.6) is 5.75 Å². The minimum Gasteiger partial charge on any atom is -0.494 e. The summed E-state index contributed by atoms with van der Waals surface area (Å²) in [5.74, 6) is 0.703. The van der Waals surface area contributed by atoms with E-state index in [1.165, 1.54) is 0 Å². The van der Waals surface area contributed by atoms with Crippen LogP contribution in [0.4, 0.5) is 0 Å². The van der Waals surface area contributed by atoms with E-state index in [2.05, 4.69) is 15.0 Å². The topological polar surface area (TPSA) is 47.9 Å². The molecule has 0 bridgehead atoms. The Hall–Kier alpha value is -2.49. The zero-order valence-corrected chi connectivity index (χ0v) is 9.87. The van der Waals surface area contributed by atoms with Gasteiger partial charge in [0, 0.05) is 17.8 Å². The molecule has 0 aliphatic heterocycles. The second-order valence-corrected chi connectivity index (χ2v) is 3.81. The maximum absolute atomic E-state index is 5.38. The summed E-state index contributed by atoms with van der Waals surface area (Å²) >= 11 is 0. The van der Waals surface area contributed by atoms with Gasteiger partial charge in [0.15, 0.2) is 0 Å². The summed E-state index contributed by atoms with van der Waals surface area (Å²) in [5.41, 5.74) is 2.63. The number of benzene rings is 1. The second kappa shape index (κ2) is 4.41. The molecule has 0 amide bonds. The van der Waals surface area contributed by atoms with E-state index in [0.29, 0.717) is 5.75 Å². The molecule has 0 aliphatic carbocycles. The van der Waals surface area contributed by atoms with Crippen molar-refractivity contribution >= 4 is 10.9 Å². The monoisotopic (exact) mass is 237 g/mol. The largest absolute Gasteiger partial charge is 0.494 e. The molecule has 2 heterocycles. The molecule has 0 N–H and O–H groups in total. The van der Waals surface area contributed by atoms with Gasteiger partial charge < -0.3 is 4.74 Å². The third kappa shape index (κ3) is 1.68. The maximum Gasteiger partial charge on any atom is 0.147 e. The molecular formula is C14H11N3O. The van der Waals surface area contributed by atoms with Crippen molar-refractivity contribution in [1.82, 2.24) is 15.0 Å². The van der Waals surface area contributed by atoms with Gasteiger partial charge >= 0.3 is 0 Å². The van der Waals surface area contributed by atoms with E-state index in [1.807, 2.05) is 24.3 Å². The van der Waals surface area contributed by atoms with Crippen LogP contribution in [0, 0.1) is 0 Å². The predicted molar refractivity (Wildman–Crippen MR) is 69.3 cm³/mol. The number of rotatable bonds is 2. The Balaban J connectivity index is 2.38. The van der Waals surface area contributed by atoms with Crippen LogP contribution in [0.3, 0.4) is 0 Å². The lowest BCUT2D eigenvalue weighted by Crippen LogP contribution is -1.93. The Labute approximate surface area is 104 Å². The van der Waals surface area contributed by atoms with Crippen molar-refractivity contribution in [3.05, 3.63) is 49.1 Å². The van der Waals surface area contributed by atoms with E-state index in [0.717, 1.165) is 22.2 Å². The van der Waals surface area contributed by atoms with Gasteiger partial charge in [-0.15, -0.1) is 0 Å². The summed E-state index contributed by atoms with van der Waals surface area (Å²) in [6.45, 7) is 0. The quantitative estimate of drug-likeness (QED) is 0.687. The molecule has 0 fully saturated rings. The molecule has 3 aromatic rings. The summed E-state index contributed by atoms with van der Waals surface area (Å²) in [6.07, 6.45) is 6.76. The summed E-state index contributed by atoms with van der Waals surface area (Å²) in [6, 6.07) is 7.91. The van der Waals surface area contributed by atoms with Crippen molar-refractivity contribution in [2.45, 2.75) is 0 Å². The minimum atomic E-state index is 0.703. The molecule has 18 heavy (non-hydrogen) atoms. The summed E-state index contributed by atoms with van der Waals surface area (Å²) < 4.78 is 5.38. The Kier molecular flexibility index (Phi) is 2.61. The molecule has 2 aromatic heterocycles. The molecule has 0 saturated carbocycles. The van der Waals surface area contributed by atoms with E-state index in [1.54, 1.807) is 31.9 Å². The number of aromatic nitrogens is 3. The lowest BCUT2D eigenvalue weighted by molar-refractivity contribution is 0.415. The molecule has 1 aromatic carbocycles. The van der Waals surface area contributed by atoms with Crippen molar-refractivity contribution in [3.63, 3.8) is 0 Å². The van der Waals surface area contributed by atoms with Gasteiger partial charge in [0.25, 0.3) is 0 Å². The molecule has 0 radical (unpaired) electrons. The highest BCUT2D eigenvalue weighted by molar-refractivity contribution is 5.96. The molecular weight excluding hydrogens is 226 g/mol. The van der Waals surface area contributed by atoms with Gasteiger partial charge in [0.1, 0.15) is 5.75 Å². The van der Waals surface area contributed by atoms with Crippen LogP contribution in [-0.2, 0) is 0 Å². The Morgan fingerprint density at radius 2 is 1.89 bits per heavy atom. The molecule has 0 spiro atoms. The molecule has 0 saturated heterocycles. The van der Waals surface area contributed by atoms with Crippen LogP contribution < -0.4 is 4.74 Å². The number of hydrogen-bond donors (Lipinski definition) is 0. The number of pyridine rings is 1. The fourth-order valence-electron chi connectivity index (χ4n) is 1.97. The highest BCUT2D eigenvalue weighted by Gasteiger charge is 2.12. The maximum atomic E-state index is 5.38. The summed E-state index contributed by atoms with van der Waals surface area (Å²) in [7, 11) is 1.63. The fraction of sp³-hybridized carbons (Fsp3) is 0.0714. The van der Waals surface area contributed by atoms with Gasteiger partial charge in [-0.2, -0.15) is 0 Å². The number of ether oxygens (including phenoxy) is 1. The van der Waals surface area contributed by atoms with Crippen LogP contribution in [0.15, 0.2) is 49.1 Å². The number of para-hydroxylation sites is 1. The zero-order valence-electron chi connectivity index (χ0n) is 9.87. The van der Waals surface area contributed by atoms with Gasteiger partial charge in [-0.3, -0.25) is 15.0 Å². The molecule has 0 unspecified atom stereocenters. The van der Waals surface area contributed by atoms with Crippen LogP contribution in [0.1, 0.15) is 0 Å². The smallest absolute Gasteiger partial charge is 0.147 e. The third-order valence-corrected chi connectivity index (χ3v) is 2.78. The molecule has 4 nitrogen and oxygen atoms in total. The fourth-order valence-corrected chi connectivity index (χ4v) is 1.97. The van der Waals surface area contributed by atoms with Crippen LogP contribution >= 0.6 is 0 Å². The van der Waals surface area contributed by atoms with Crippen LogP contribution in [0.2, 0.25) is 0 Å². The number of nitrogens with zero attached hydrogens (tertiary/aromatic N) is 3. The van der Waals surface area contributed by atoms with Crippen LogP contribution in [0.25, 0.3) is 22.2 Å². The molecule has 0 atom stereocenters. The highest BCUT2D eigenvalue weighted by atomic mass is 16.5. The zero-order chi connectivity index (χ0) is 12.4. The normalized spacial score (nSPS) is 10.5. The van der Waals surface area contributed by atoms with E-state index in [4.69, 9.17) is 4.74 Å². The van der Waals surface area contributed by atoms with Crippen molar-refractivity contribution in [1.29, 1.82) is 0 Å². The van der Waals surface area contributed by atoms with Crippen LogP contribution in [-0.4, -0.2) is 22.1 Å². The number of methoxy groups -OCH3 is 1. The highest BCUT2D eigenvalue weighted by Crippen LogP contribution is 2.33. The molecule has 4 heteroatoms. The summed E-state index contributed by atoms with van der Waals surface area (Å²) in [5, 5.41) is 1.01.